The van der Waals surface area contributed by atoms with E-state index in [4.69, 9.17) is 5.11 Å². The Morgan fingerprint density at radius 2 is 2.29 bits per heavy atom. The molecule has 2 fully saturated rings. The topological polar surface area (TPSA) is 66.4 Å². The van der Waals surface area contributed by atoms with Crippen LogP contribution in [0.5, 0.6) is 0 Å². The number of carboxylic acid groups (broad SMARTS) is 1. The number of aliphatic carboxylic acids is 1. The van der Waals surface area contributed by atoms with E-state index in [1.54, 1.807) is 0 Å². The van der Waals surface area contributed by atoms with Crippen molar-refractivity contribution in [2.24, 2.45) is 11.8 Å². The highest BCUT2D eigenvalue weighted by Gasteiger charge is 2.40. The summed E-state index contributed by atoms with van der Waals surface area (Å²) in [6.45, 7) is 0. The molecule has 1 heterocycles. The Morgan fingerprint density at radius 3 is 3.00 bits per heavy atom. The third-order valence-electron chi connectivity index (χ3n) is 3.38. The molecule has 0 aromatic heterocycles. The fourth-order valence-corrected chi connectivity index (χ4v) is 2.79. The molecule has 0 aromatic carbocycles. The van der Waals surface area contributed by atoms with Crippen LogP contribution in [-0.4, -0.2) is 23.0 Å². The standard InChI is InChI=1S/C10H15NO3/c12-8-4-6-2-1-3-7(5-9(13)14)10(6)11-8/h6-7,10H,1-5H2,(H,11,12)(H,13,14)/t6-,7+,10-/m1/s1. The van der Waals surface area contributed by atoms with E-state index in [0.29, 0.717) is 12.3 Å². The maximum Gasteiger partial charge on any atom is 0.303 e. The van der Waals surface area contributed by atoms with Gasteiger partial charge in [0.05, 0.1) is 6.42 Å². The lowest BCUT2D eigenvalue weighted by Gasteiger charge is -2.32. The summed E-state index contributed by atoms with van der Waals surface area (Å²) in [5, 5.41) is 11.6. The number of amides is 1. The maximum absolute atomic E-state index is 11.2. The van der Waals surface area contributed by atoms with Gasteiger partial charge in [-0.05, 0) is 24.7 Å². The third kappa shape index (κ3) is 1.74. The molecule has 0 radical (unpaired) electrons. The molecule has 0 spiro atoms. The molecule has 1 amide bonds. The monoisotopic (exact) mass is 197 g/mol. The van der Waals surface area contributed by atoms with Crippen molar-refractivity contribution < 1.29 is 14.7 Å². The molecule has 78 valence electrons. The zero-order chi connectivity index (χ0) is 10.1. The Bertz CT molecular complexity index is 264. The maximum atomic E-state index is 11.2. The lowest BCUT2D eigenvalue weighted by molar-refractivity contribution is -0.138. The zero-order valence-electron chi connectivity index (χ0n) is 8.03. The van der Waals surface area contributed by atoms with Crippen LogP contribution in [-0.2, 0) is 9.59 Å². The van der Waals surface area contributed by atoms with Crippen LogP contribution in [0, 0.1) is 11.8 Å². The molecule has 4 nitrogen and oxygen atoms in total. The molecule has 1 aliphatic carbocycles. The van der Waals surface area contributed by atoms with Gasteiger partial charge in [0.25, 0.3) is 0 Å². The van der Waals surface area contributed by atoms with Crippen LogP contribution in [0.2, 0.25) is 0 Å². The molecule has 1 saturated carbocycles. The minimum atomic E-state index is -0.753. The van der Waals surface area contributed by atoms with Crippen molar-refractivity contribution in [3.8, 4) is 0 Å². The van der Waals surface area contributed by atoms with Gasteiger partial charge in [-0.3, -0.25) is 9.59 Å². The Kier molecular flexibility index (Phi) is 2.44. The SMILES string of the molecule is O=C(O)C[C@@H]1CCC[C@@H]2CC(=O)N[C@H]21. The first-order chi connectivity index (χ1) is 6.66. The Labute approximate surface area is 82.7 Å². The predicted octanol–water partition coefficient (Wildman–Crippen LogP) is 0.766. The van der Waals surface area contributed by atoms with Gasteiger partial charge < -0.3 is 10.4 Å². The van der Waals surface area contributed by atoms with E-state index in [0.717, 1.165) is 19.3 Å². The molecular formula is C10H15NO3. The summed E-state index contributed by atoms with van der Waals surface area (Å²) >= 11 is 0. The molecule has 2 rings (SSSR count). The van der Waals surface area contributed by atoms with Gasteiger partial charge >= 0.3 is 5.97 Å². The lowest BCUT2D eigenvalue weighted by Crippen LogP contribution is -2.40. The lowest BCUT2D eigenvalue weighted by atomic mass is 9.76. The summed E-state index contributed by atoms with van der Waals surface area (Å²) in [4.78, 5) is 21.8. The highest BCUT2D eigenvalue weighted by molar-refractivity contribution is 5.79. The number of carbonyl (C=O) groups is 2. The fraction of sp³-hybridized carbons (Fsp3) is 0.800. The molecule has 3 atom stereocenters. The van der Waals surface area contributed by atoms with Gasteiger partial charge in [0.15, 0.2) is 0 Å². The van der Waals surface area contributed by atoms with Crippen molar-refractivity contribution in [1.82, 2.24) is 5.32 Å². The molecule has 14 heavy (non-hydrogen) atoms. The summed E-state index contributed by atoms with van der Waals surface area (Å²) in [6, 6.07) is 0.132. The van der Waals surface area contributed by atoms with E-state index in [-0.39, 0.29) is 24.3 Å². The minimum absolute atomic E-state index is 0.0947. The first kappa shape index (κ1) is 9.49. The van der Waals surface area contributed by atoms with E-state index in [9.17, 15) is 9.59 Å². The number of fused-ring (bicyclic) bond motifs is 1. The Morgan fingerprint density at radius 1 is 1.50 bits per heavy atom. The average Bonchev–Trinajstić information content (AvgIpc) is 2.45. The number of rotatable bonds is 2. The second-order valence-corrected chi connectivity index (χ2v) is 4.35. The first-order valence-corrected chi connectivity index (χ1v) is 5.18. The highest BCUT2D eigenvalue weighted by Crippen LogP contribution is 2.36. The summed E-state index contributed by atoms with van der Waals surface area (Å²) < 4.78 is 0. The van der Waals surface area contributed by atoms with Crippen LogP contribution in [0.25, 0.3) is 0 Å². The molecule has 1 saturated heterocycles. The van der Waals surface area contributed by atoms with Gasteiger partial charge in [0, 0.05) is 12.5 Å². The van der Waals surface area contributed by atoms with E-state index < -0.39 is 5.97 Å². The molecule has 0 bridgehead atoms. The molecule has 0 aromatic rings. The van der Waals surface area contributed by atoms with E-state index >= 15 is 0 Å². The minimum Gasteiger partial charge on any atom is -0.481 e. The van der Waals surface area contributed by atoms with Crippen molar-refractivity contribution in [3.63, 3.8) is 0 Å². The van der Waals surface area contributed by atoms with E-state index in [1.807, 2.05) is 0 Å². The quantitative estimate of drug-likeness (QED) is 0.687. The smallest absolute Gasteiger partial charge is 0.303 e. The molecule has 2 aliphatic rings. The zero-order valence-corrected chi connectivity index (χ0v) is 8.03. The van der Waals surface area contributed by atoms with Crippen LogP contribution >= 0.6 is 0 Å². The Hall–Kier alpha value is -1.06. The van der Waals surface area contributed by atoms with Crippen LogP contribution in [0.1, 0.15) is 32.1 Å². The van der Waals surface area contributed by atoms with Gasteiger partial charge in [-0.15, -0.1) is 0 Å². The number of hydrogen-bond donors (Lipinski definition) is 2. The predicted molar refractivity (Wildman–Crippen MR) is 49.6 cm³/mol. The van der Waals surface area contributed by atoms with Crippen molar-refractivity contribution in [2.75, 3.05) is 0 Å². The molecule has 2 N–H and O–H groups in total. The number of carboxylic acids is 1. The van der Waals surface area contributed by atoms with Crippen molar-refractivity contribution >= 4 is 11.9 Å². The third-order valence-corrected chi connectivity index (χ3v) is 3.38. The van der Waals surface area contributed by atoms with Crippen molar-refractivity contribution in [1.29, 1.82) is 0 Å². The fourth-order valence-electron chi connectivity index (χ4n) is 2.79. The number of hydrogen-bond acceptors (Lipinski definition) is 2. The summed E-state index contributed by atoms with van der Waals surface area (Å²) in [5.41, 5.74) is 0. The van der Waals surface area contributed by atoms with Crippen LogP contribution < -0.4 is 5.32 Å². The van der Waals surface area contributed by atoms with Crippen LogP contribution in [0.3, 0.4) is 0 Å². The van der Waals surface area contributed by atoms with E-state index in [2.05, 4.69) is 5.32 Å². The summed E-state index contributed by atoms with van der Waals surface area (Å²) in [7, 11) is 0. The Balaban J connectivity index is 2.03. The largest absolute Gasteiger partial charge is 0.481 e. The number of carbonyl (C=O) groups excluding carboxylic acids is 1. The summed E-state index contributed by atoms with van der Waals surface area (Å²) in [6.07, 6.45) is 3.86. The van der Waals surface area contributed by atoms with Crippen LogP contribution in [0.15, 0.2) is 0 Å². The van der Waals surface area contributed by atoms with Crippen molar-refractivity contribution in [2.45, 2.75) is 38.1 Å². The van der Waals surface area contributed by atoms with E-state index in [1.165, 1.54) is 0 Å². The van der Waals surface area contributed by atoms with Gasteiger partial charge in [0.1, 0.15) is 0 Å². The number of nitrogens with one attached hydrogen (secondary N) is 1. The van der Waals surface area contributed by atoms with Crippen LogP contribution in [0.4, 0.5) is 0 Å². The van der Waals surface area contributed by atoms with Gasteiger partial charge in [0.2, 0.25) is 5.91 Å². The second-order valence-electron chi connectivity index (χ2n) is 4.35. The molecular weight excluding hydrogens is 182 g/mol. The van der Waals surface area contributed by atoms with Gasteiger partial charge in [-0.1, -0.05) is 6.42 Å². The normalized spacial score (nSPS) is 36.3. The average molecular weight is 197 g/mol. The highest BCUT2D eigenvalue weighted by atomic mass is 16.4. The van der Waals surface area contributed by atoms with Gasteiger partial charge in [-0.2, -0.15) is 0 Å². The molecule has 1 aliphatic heterocycles. The summed E-state index contributed by atoms with van der Waals surface area (Å²) in [5.74, 6) is -0.118. The van der Waals surface area contributed by atoms with Crippen molar-refractivity contribution in [3.05, 3.63) is 0 Å². The molecule has 0 unspecified atom stereocenters. The first-order valence-electron chi connectivity index (χ1n) is 5.18. The molecule has 4 heteroatoms. The second kappa shape index (κ2) is 3.59. The van der Waals surface area contributed by atoms with Gasteiger partial charge in [-0.25, -0.2) is 0 Å².